The number of amides is 1. The van der Waals surface area contributed by atoms with Crippen LogP contribution in [0.5, 0.6) is 0 Å². The predicted octanol–water partition coefficient (Wildman–Crippen LogP) is 2.65. The summed E-state index contributed by atoms with van der Waals surface area (Å²) in [6, 6.07) is 6.51. The summed E-state index contributed by atoms with van der Waals surface area (Å²) in [5, 5.41) is 10.7. The SMILES string of the molecule is COC(=O)N(C1CN(c2ccc([N+](=O)[O-])cc2)C1)C(C)(C)C. The molecule has 0 saturated carbocycles. The third kappa shape index (κ3) is 3.13. The van der Waals surface area contributed by atoms with Gasteiger partial charge in [-0.25, -0.2) is 4.79 Å². The molecular weight excluding hydrogens is 286 g/mol. The maximum absolute atomic E-state index is 12.0. The average molecular weight is 307 g/mol. The van der Waals surface area contributed by atoms with E-state index < -0.39 is 4.92 Å². The Labute approximate surface area is 129 Å². The van der Waals surface area contributed by atoms with Crippen LogP contribution >= 0.6 is 0 Å². The van der Waals surface area contributed by atoms with Gasteiger partial charge in [0.05, 0.1) is 18.1 Å². The number of nitro groups is 1. The molecule has 1 aromatic carbocycles. The highest BCUT2D eigenvalue weighted by atomic mass is 16.6. The number of rotatable bonds is 3. The van der Waals surface area contributed by atoms with Crippen molar-refractivity contribution in [2.75, 3.05) is 25.1 Å². The van der Waals surface area contributed by atoms with Crippen LogP contribution in [0.25, 0.3) is 0 Å². The number of carbonyl (C=O) groups excluding carboxylic acids is 1. The minimum Gasteiger partial charge on any atom is -0.453 e. The van der Waals surface area contributed by atoms with Crippen LogP contribution in [0, 0.1) is 10.1 Å². The summed E-state index contributed by atoms with van der Waals surface area (Å²) < 4.78 is 4.87. The molecule has 0 bridgehead atoms. The molecule has 1 saturated heterocycles. The van der Waals surface area contributed by atoms with Crippen LogP contribution in [0.1, 0.15) is 20.8 Å². The van der Waals surface area contributed by atoms with Gasteiger partial charge in [-0.15, -0.1) is 0 Å². The maximum Gasteiger partial charge on any atom is 0.410 e. The number of benzene rings is 1. The van der Waals surface area contributed by atoms with Gasteiger partial charge in [0, 0.05) is 36.4 Å². The largest absolute Gasteiger partial charge is 0.453 e. The van der Waals surface area contributed by atoms with E-state index in [0.717, 1.165) is 5.69 Å². The number of hydrogen-bond donors (Lipinski definition) is 0. The van der Waals surface area contributed by atoms with Gasteiger partial charge in [-0.1, -0.05) is 0 Å². The Morgan fingerprint density at radius 3 is 2.27 bits per heavy atom. The van der Waals surface area contributed by atoms with Gasteiger partial charge in [-0.3, -0.25) is 15.0 Å². The van der Waals surface area contributed by atoms with Gasteiger partial charge >= 0.3 is 6.09 Å². The molecule has 1 amide bonds. The van der Waals surface area contributed by atoms with E-state index in [0.29, 0.717) is 13.1 Å². The quantitative estimate of drug-likeness (QED) is 0.634. The molecule has 2 rings (SSSR count). The van der Waals surface area contributed by atoms with Gasteiger partial charge in [0.2, 0.25) is 0 Å². The standard InChI is InChI=1S/C15H21N3O4/c1-15(2,3)17(14(19)22-4)13-9-16(10-13)11-5-7-12(8-6-11)18(20)21/h5-8,13H,9-10H2,1-4H3. The number of non-ortho nitro benzene ring substituents is 1. The fraction of sp³-hybridized carbons (Fsp3) is 0.533. The molecule has 7 nitrogen and oxygen atoms in total. The maximum atomic E-state index is 12.0. The first-order chi connectivity index (χ1) is 10.2. The molecule has 22 heavy (non-hydrogen) atoms. The Morgan fingerprint density at radius 2 is 1.86 bits per heavy atom. The molecule has 0 unspecified atom stereocenters. The van der Waals surface area contributed by atoms with E-state index in [9.17, 15) is 14.9 Å². The first kappa shape index (κ1) is 16.1. The average Bonchev–Trinajstić information content (AvgIpc) is 2.40. The van der Waals surface area contributed by atoms with Gasteiger partial charge in [0.1, 0.15) is 0 Å². The van der Waals surface area contributed by atoms with Gasteiger partial charge < -0.3 is 9.64 Å². The van der Waals surface area contributed by atoms with E-state index in [1.807, 2.05) is 20.8 Å². The Hall–Kier alpha value is -2.31. The summed E-state index contributed by atoms with van der Waals surface area (Å²) in [5.41, 5.74) is 0.673. The molecule has 0 aromatic heterocycles. The van der Waals surface area contributed by atoms with Crippen molar-refractivity contribution in [3.05, 3.63) is 34.4 Å². The van der Waals surface area contributed by atoms with Crippen molar-refractivity contribution >= 4 is 17.5 Å². The normalized spacial score (nSPS) is 15.2. The number of hydrogen-bond acceptors (Lipinski definition) is 5. The fourth-order valence-corrected chi connectivity index (χ4v) is 2.68. The van der Waals surface area contributed by atoms with Crippen LogP contribution < -0.4 is 4.90 Å². The van der Waals surface area contributed by atoms with Crippen LogP contribution in [0.2, 0.25) is 0 Å². The Bertz CT molecular complexity index is 559. The van der Waals surface area contributed by atoms with Gasteiger partial charge in [-0.2, -0.15) is 0 Å². The zero-order valence-corrected chi connectivity index (χ0v) is 13.3. The second-order valence-corrected chi connectivity index (χ2v) is 6.34. The second-order valence-electron chi connectivity index (χ2n) is 6.34. The van der Waals surface area contributed by atoms with Crippen molar-refractivity contribution in [3.8, 4) is 0 Å². The Morgan fingerprint density at radius 1 is 1.32 bits per heavy atom. The van der Waals surface area contributed by atoms with Crippen LogP contribution in [-0.2, 0) is 4.74 Å². The molecule has 120 valence electrons. The molecule has 1 aliphatic rings. The molecular formula is C15H21N3O4. The van der Waals surface area contributed by atoms with Crippen molar-refractivity contribution in [1.29, 1.82) is 0 Å². The molecule has 1 fully saturated rings. The summed E-state index contributed by atoms with van der Waals surface area (Å²) in [6.07, 6.45) is -0.333. The monoisotopic (exact) mass is 307 g/mol. The van der Waals surface area contributed by atoms with Crippen molar-refractivity contribution < 1.29 is 14.5 Å². The predicted molar refractivity (Wildman–Crippen MR) is 83.1 cm³/mol. The lowest BCUT2D eigenvalue weighted by Gasteiger charge is -2.50. The molecule has 1 heterocycles. The number of methoxy groups -OCH3 is 1. The van der Waals surface area contributed by atoms with Crippen molar-refractivity contribution in [2.45, 2.75) is 32.4 Å². The summed E-state index contributed by atoms with van der Waals surface area (Å²) in [4.78, 5) is 26.0. The molecule has 1 aromatic rings. The Kier molecular flexibility index (Phi) is 4.25. The first-order valence-electron chi connectivity index (χ1n) is 7.10. The van der Waals surface area contributed by atoms with Crippen LogP contribution in [0.3, 0.4) is 0 Å². The number of nitrogens with zero attached hydrogens (tertiary/aromatic N) is 3. The third-order valence-electron chi connectivity index (χ3n) is 3.75. The lowest BCUT2D eigenvalue weighted by Crippen LogP contribution is -2.65. The summed E-state index contributed by atoms with van der Waals surface area (Å²) in [7, 11) is 1.38. The summed E-state index contributed by atoms with van der Waals surface area (Å²) in [5.74, 6) is 0. The smallest absolute Gasteiger partial charge is 0.410 e. The topological polar surface area (TPSA) is 75.9 Å². The number of carbonyl (C=O) groups is 1. The lowest BCUT2D eigenvalue weighted by molar-refractivity contribution is -0.384. The zero-order valence-electron chi connectivity index (χ0n) is 13.3. The molecule has 0 aliphatic carbocycles. The summed E-state index contributed by atoms with van der Waals surface area (Å²) >= 11 is 0. The molecule has 0 atom stereocenters. The third-order valence-corrected chi connectivity index (χ3v) is 3.75. The first-order valence-corrected chi connectivity index (χ1v) is 7.10. The molecule has 0 radical (unpaired) electrons. The minimum absolute atomic E-state index is 0.0719. The molecule has 7 heteroatoms. The highest BCUT2D eigenvalue weighted by molar-refractivity contribution is 5.70. The fourth-order valence-electron chi connectivity index (χ4n) is 2.68. The van der Waals surface area contributed by atoms with Crippen molar-refractivity contribution in [1.82, 2.24) is 4.90 Å². The zero-order chi connectivity index (χ0) is 16.5. The number of anilines is 1. The van der Waals surface area contributed by atoms with Gasteiger partial charge in [0.25, 0.3) is 5.69 Å². The molecule has 1 aliphatic heterocycles. The van der Waals surface area contributed by atoms with Crippen LogP contribution in [0.4, 0.5) is 16.2 Å². The van der Waals surface area contributed by atoms with Crippen molar-refractivity contribution in [2.24, 2.45) is 0 Å². The Balaban J connectivity index is 2.04. The number of nitro benzene ring substituents is 1. The van der Waals surface area contributed by atoms with Gasteiger partial charge in [-0.05, 0) is 32.9 Å². The minimum atomic E-state index is -0.415. The lowest BCUT2D eigenvalue weighted by atomic mass is 9.98. The van der Waals surface area contributed by atoms with E-state index in [2.05, 4.69) is 4.90 Å². The molecule has 0 spiro atoms. The van der Waals surface area contributed by atoms with E-state index in [1.165, 1.54) is 19.2 Å². The summed E-state index contributed by atoms with van der Waals surface area (Å²) in [6.45, 7) is 7.28. The van der Waals surface area contributed by atoms with E-state index >= 15 is 0 Å². The van der Waals surface area contributed by atoms with E-state index in [-0.39, 0.29) is 23.4 Å². The van der Waals surface area contributed by atoms with Gasteiger partial charge in [0.15, 0.2) is 0 Å². The van der Waals surface area contributed by atoms with Crippen LogP contribution in [0.15, 0.2) is 24.3 Å². The number of ether oxygens (including phenoxy) is 1. The second kappa shape index (κ2) is 5.82. The highest BCUT2D eigenvalue weighted by Gasteiger charge is 2.40. The molecule has 0 N–H and O–H groups in total. The van der Waals surface area contributed by atoms with E-state index in [4.69, 9.17) is 4.74 Å². The van der Waals surface area contributed by atoms with Crippen molar-refractivity contribution in [3.63, 3.8) is 0 Å². The van der Waals surface area contributed by atoms with Crippen LogP contribution in [-0.4, -0.2) is 47.7 Å². The highest BCUT2D eigenvalue weighted by Crippen LogP contribution is 2.29. The van der Waals surface area contributed by atoms with E-state index in [1.54, 1.807) is 17.0 Å².